The van der Waals surface area contributed by atoms with Gasteiger partial charge in [0.1, 0.15) is 5.76 Å². The van der Waals surface area contributed by atoms with Crippen molar-refractivity contribution in [3.05, 3.63) is 51.5 Å². The number of nitrogens with one attached hydrogen (secondary N) is 1. The van der Waals surface area contributed by atoms with Crippen molar-refractivity contribution < 1.29 is 9.21 Å². The first-order valence-electron chi connectivity index (χ1n) is 6.32. The van der Waals surface area contributed by atoms with E-state index in [1.807, 2.05) is 36.4 Å². The van der Waals surface area contributed by atoms with Crippen molar-refractivity contribution in [2.75, 3.05) is 19.4 Å². The van der Waals surface area contributed by atoms with Crippen LogP contribution in [0.3, 0.4) is 0 Å². The Morgan fingerprint density at radius 1 is 1.20 bits per heavy atom. The molecule has 1 aromatic heterocycles. The van der Waals surface area contributed by atoms with Crippen LogP contribution in [0.15, 0.2) is 40.8 Å². The molecule has 0 saturated carbocycles. The first-order chi connectivity index (χ1) is 9.54. The molecule has 1 amide bonds. The summed E-state index contributed by atoms with van der Waals surface area (Å²) in [5.74, 6) is 1.01. The zero-order valence-electron chi connectivity index (χ0n) is 11.5. The van der Waals surface area contributed by atoms with E-state index >= 15 is 0 Å². The number of nitrogens with zero attached hydrogens (tertiary/aromatic N) is 1. The molecule has 0 radical (unpaired) electrons. The number of hydrogen-bond donors (Lipinski definition) is 1. The molecule has 2 aromatic rings. The molecule has 0 aliphatic heterocycles. The Kier molecular flexibility index (Phi) is 5.05. The topological polar surface area (TPSA) is 45.5 Å². The molecule has 2 rings (SSSR count). The summed E-state index contributed by atoms with van der Waals surface area (Å²) in [5.41, 5.74) is 2.03. The molecule has 0 atom stereocenters. The van der Waals surface area contributed by atoms with Gasteiger partial charge in [-0.2, -0.15) is 0 Å². The fraction of sp³-hybridized carbons (Fsp3) is 0.267. The van der Waals surface area contributed by atoms with Crippen LogP contribution in [-0.4, -0.2) is 24.9 Å². The van der Waals surface area contributed by atoms with Gasteiger partial charge in [0, 0.05) is 19.8 Å². The number of rotatable bonds is 5. The van der Waals surface area contributed by atoms with Crippen molar-refractivity contribution in [3.63, 3.8) is 0 Å². The third kappa shape index (κ3) is 4.26. The van der Waals surface area contributed by atoms with Crippen LogP contribution in [0.25, 0.3) is 0 Å². The second kappa shape index (κ2) is 6.78. The van der Waals surface area contributed by atoms with E-state index in [1.165, 1.54) is 0 Å². The summed E-state index contributed by atoms with van der Waals surface area (Å²) in [5, 5.41) is 3.29. The van der Waals surface area contributed by atoms with Gasteiger partial charge in [-0.3, -0.25) is 4.79 Å². The number of furan rings is 1. The molecule has 0 unspecified atom stereocenters. The van der Waals surface area contributed by atoms with Crippen molar-refractivity contribution in [1.82, 2.24) is 4.90 Å². The quantitative estimate of drug-likeness (QED) is 0.806. The number of anilines is 1. The zero-order valence-corrected chi connectivity index (χ0v) is 13.7. The van der Waals surface area contributed by atoms with E-state index in [4.69, 9.17) is 4.42 Å². The summed E-state index contributed by atoms with van der Waals surface area (Å²) in [6.07, 6.45) is 0.434. The maximum atomic E-state index is 11.6. The molecule has 0 aliphatic carbocycles. The Balaban J connectivity index is 1.89. The number of carbonyl (C=O) groups is 1. The standard InChI is InChI=1S/C15H17IN2O2/c1-18(2)15(19)9-11-3-5-12(6-4-11)17-10-13-7-8-14(16)20-13/h3-8,17H,9-10H2,1-2H3. The molecule has 1 heterocycles. The first-order valence-corrected chi connectivity index (χ1v) is 7.39. The monoisotopic (exact) mass is 384 g/mol. The summed E-state index contributed by atoms with van der Waals surface area (Å²) >= 11 is 2.15. The first kappa shape index (κ1) is 14.9. The van der Waals surface area contributed by atoms with E-state index in [2.05, 4.69) is 27.9 Å². The van der Waals surface area contributed by atoms with Gasteiger partial charge in [0.15, 0.2) is 3.77 Å². The highest BCUT2D eigenvalue weighted by Gasteiger charge is 2.05. The lowest BCUT2D eigenvalue weighted by Crippen LogP contribution is -2.23. The van der Waals surface area contributed by atoms with Crippen LogP contribution in [0.1, 0.15) is 11.3 Å². The second-order valence-corrected chi connectivity index (χ2v) is 5.78. The van der Waals surface area contributed by atoms with E-state index in [9.17, 15) is 4.79 Å². The number of amides is 1. The van der Waals surface area contributed by atoms with Gasteiger partial charge in [-0.15, -0.1) is 0 Å². The van der Waals surface area contributed by atoms with Crippen molar-refractivity contribution >= 4 is 34.2 Å². The summed E-state index contributed by atoms with van der Waals surface area (Å²) in [6, 6.07) is 11.8. The molecular formula is C15H17IN2O2. The number of benzene rings is 1. The average Bonchev–Trinajstić information content (AvgIpc) is 2.83. The van der Waals surface area contributed by atoms with Crippen molar-refractivity contribution in [2.45, 2.75) is 13.0 Å². The van der Waals surface area contributed by atoms with Gasteiger partial charge in [-0.05, 0) is 52.4 Å². The van der Waals surface area contributed by atoms with Crippen LogP contribution >= 0.6 is 22.6 Å². The normalized spacial score (nSPS) is 10.3. The largest absolute Gasteiger partial charge is 0.454 e. The van der Waals surface area contributed by atoms with Crippen LogP contribution < -0.4 is 5.32 Å². The van der Waals surface area contributed by atoms with Gasteiger partial charge in [-0.1, -0.05) is 12.1 Å². The second-order valence-electron chi connectivity index (χ2n) is 4.72. The van der Waals surface area contributed by atoms with Crippen molar-refractivity contribution in [3.8, 4) is 0 Å². The predicted molar refractivity (Wildman–Crippen MR) is 87.6 cm³/mol. The Labute approximate surface area is 132 Å². The highest BCUT2D eigenvalue weighted by molar-refractivity contribution is 14.1. The third-order valence-electron chi connectivity index (χ3n) is 2.90. The Bertz CT molecular complexity index is 576. The number of halogens is 1. The SMILES string of the molecule is CN(C)C(=O)Cc1ccc(NCc2ccc(I)o2)cc1. The molecule has 0 fully saturated rings. The Morgan fingerprint density at radius 2 is 1.90 bits per heavy atom. The van der Waals surface area contributed by atoms with Crippen molar-refractivity contribution in [2.24, 2.45) is 0 Å². The maximum Gasteiger partial charge on any atom is 0.226 e. The third-order valence-corrected chi connectivity index (χ3v) is 3.48. The number of carbonyl (C=O) groups excluding carboxylic acids is 1. The molecule has 1 N–H and O–H groups in total. The molecule has 5 heteroatoms. The Hall–Kier alpha value is -1.50. The molecule has 0 spiro atoms. The van der Waals surface area contributed by atoms with Crippen molar-refractivity contribution in [1.29, 1.82) is 0 Å². The van der Waals surface area contributed by atoms with Gasteiger partial charge >= 0.3 is 0 Å². The molecule has 0 aliphatic rings. The molecule has 20 heavy (non-hydrogen) atoms. The minimum Gasteiger partial charge on any atom is -0.454 e. The lowest BCUT2D eigenvalue weighted by atomic mass is 10.1. The van der Waals surface area contributed by atoms with Crippen LogP contribution in [0.2, 0.25) is 0 Å². The molecule has 4 nitrogen and oxygen atoms in total. The predicted octanol–water partition coefficient (Wildman–Crippen LogP) is 3.13. The molecule has 1 aromatic carbocycles. The highest BCUT2D eigenvalue weighted by atomic mass is 127. The lowest BCUT2D eigenvalue weighted by Gasteiger charge is -2.10. The van der Waals surface area contributed by atoms with E-state index in [0.29, 0.717) is 13.0 Å². The van der Waals surface area contributed by atoms with Gasteiger partial charge in [0.25, 0.3) is 0 Å². The smallest absolute Gasteiger partial charge is 0.226 e. The van der Waals surface area contributed by atoms with Gasteiger partial charge in [0.2, 0.25) is 5.91 Å². The van der Waals surface area contributed by atoms with Gasteiger partial charge < -0.3 is 14.6 Å². The average molecular weight is 384 g/mol. The van der Waals surface area contributed by atoms with Crippen LogP contribution in [0, 0.1) is 3.77 Å². The molecule has 0 bridgehead atoms. The van der Waals surface area contributed by atoms with E-state index < -0.39 is 0 Å². The highest BCUT2D eigenvalue weighted by Crippen LogP contribution is 2.14. The zero-order chi connectivity index (χ0) is 14.5. The fourth-order valence-electron chi connectivity index (χ4n) is 1.71. The number of hydrogen-bond acceptors (Lipinski definition) is 3. The minimum absolute atomic E-state index is 0.107. The van der Waals surface area contributed by atoms with E-state index in [1.54, 1.807) is 19.0 Å². The Morgan fingerprint density at radius 3 is 2.45 bits per heavy atom. The molecule has 0 saturated heterocycles. The van der Waals surface area contributed by atoms with E-state index in [-0.39, 0.29) is 5.91 Å². The molecule has 106 valence electrons. The van der Waals surface area contributed by atoms with Crippen LogP contribution in [-0.2, 0) is 17.8 Å². The summed E-state index contributed by atoms with van der Waals surface area (Å²) in [4.78, 5) is 13.2. The maximum absolute atomic E-state index is 11.6. The van der Waals surface area contributed by atoms with E-state index in [0.717, 1.165) is 20.8 Å². The fourth-order valence-corrected chi connectivity index (χ4v) is 2.17. The van der Waals surface area contributed by atoms with Gasteiger partial charge in [-0.25, -0.2) is 0 Å². The number of likely N-dealkylation sites (N-methyl/N-ethyl adjacent to an activating group) is 1. The summed E-state index contributed by atoms with van der Waals surface area (Å²) < 4.78 is 6.37. The minimum atomic E-state index is 0.107. The van der Waals surface area contributed by atoms with Crippen LogP contribution in [0.5, 0.6) is 0 Å². The van der Waals surface area contributed by atoms with Gasteiger partial charge in [0.05, 0.1) is 13.0 Å². The van der Waals surface area contributed by atoms with Crippen LogP contribution in [0.4, 0.5) is 5.69 Å². The summed E-state index contributed by atoms with van der Waals surface area (Å²) in [6.45, 7) is 0.652. The lowest BCUT2D eigenvalue weighted by molar-refractivity contribution is -0.127. The molecular weight excluding hydrogens is 367 g/mol. The summed E-state index contributed by atoms with van der Waals surface area (Å²) in [7, 11) is 3.53.